The Morgan fingerprint density at radius 1 is 1.35 bits per heavy atom. The van der Waals surface area contributed by atoms with Gasteiger partial charge in [-0.2, -0.15) is 0 Å². The predicted molar refractivity (Wildman–Crippen MR) is 80.1 cm³/mol. The first kappa shape index (κ1) is 16.7. The normalized spacial score (nSPS) is 10.4. The summed E-state index contributed by atoms with van der Waals surface area (Å²) in [6.45, 7) is 6.83. The fraction of sp³-hybridized carbons (Fsp3) is 0.643. The van der Waals surface area contributed by atoms with Crippen molar-refractivity contribution < 1.29 is 9.53 Å². The number of esters is 1. The van der Waals surface area contributed by atoms with Gasteiger partial charge in [0.15, 0.2) is 0 Å². The maximum absolute atomic E-state index is 11.2. The summed E-state index contributed by atoms with van der Waals surface area (Å²) < 4.78 is 4.87. The van der Waals surface area contributed by atoms with Crippen molar-refractivity contribution in [2.24, 2.45) is 0 Å². The van der Waals surface area contributed by atoms with Crippen molar-refractivity contribution in [3.05, 3.63) is 16.5 Å². The molecule has 1 aromatic heterocycles. The minimum Gasteiger partial charge on any atom is -0.466 e. The zero-order valence-corrected chi connectivity index (χ0v) is 13.1. The van der Waals surface area contributed by atoms with Gasteiger partial charge in [0, 0.05) is 24.9 Å². The van der Waals surface area contributed by atoms with Crippen LogP contribution < -0.4 is 5.32 Å². The third-order valence-electron chi connectivity index (χ3n) is 2.76. The first-order chi connectivity index (χ1) is 9.58. The molecule has 1 heterocycles. The lowest BCUT2D eigenvalue weighted by Gasteiger charge is -2.11. The molecule has 0 spiro atoms. The Hall–Kier alpha value is -1.36. The number of anilines is 1. The van der Waals surface area contributed by atoms with Gasteiger partial charge in [-0.1, -0.05) is 18.5 Å². The van der Waals surface area contributed by atoms with E-state index in [0.717, 1.165) is 30.0 Å². The second-order valence-electron chi connectivity index (χ2n) is 4.49. The molecule has 0 fully saturated rings. The maximum atomic E-state index is 11.2. The molecular weight excluding hydrogens is 278 g/mol. The average Bonchev–Trinajstić information content (AvgIpc) is 2.40. The highest BCUT2D eigenvalue weighted by molar-refractivity contribution is 6.30. The molecule has 0 aliphatic carbocycles. The number of hydrogen-bond donors (Lipinski definition) is 1. The van der Waals surface area contributed by atoms with Gasteiger partial charge in [0.05, 0.1) is 6.61 Å². The van der Waals surface area contributed by atoms with Gasteiger partial charge in [0.25, 0.3) is 0 Å². The molecule has 0 unspecified atom stereocenters. The molecule has 0 atom stereocenters. The lowest BCUT2D eigenvalue weighted by Crippen LogP contribution is -2.11. The van der Waals surface area contributed by atoms with Crippen LogP contribution in [0.25, 0.3) is 0 Å². The second kappa shape index (κ2) is 8.74. The number of aryl methyl sites for hydroxylation is 1. The van der Waals surface area contributed by atoms with Crippen LogP contribution in [0.2, 0.25) is 5.15 Å². The molecule has 1 rings (SSSR count). The van der Waals surface area contributed by atoms with Crippen LogP contribution in [0.4, 0.5) is 5.82 Å². The Kier molecular flexibility index (Phi) is 7.30. The SMILES string of the molecule is CCCc1nc(Cl)c(C)c(NCCCC(=O)OCC)n1. The van der Waals surface area contributed by atoms with Gasteiger partial charge in [-0.05, 0) is 26.7 Å². The van der Waals surface area contributed by atoms with E-state index in [-0.39, 0.29) is 5.97 Å². The van der Waals surface area contributed by atoms with E-state index in [1.807, 2.05) is 6.92 Å². The Balaban J connectivity index is 2.52. The van der Waals surface area contributed by atoms with Crippen molar-refractivity contribution >= 4 is 23.4 Å². The van der Waals surface area contributed by atoms with Gasteiger partial charge in [-0.3, -0.25) is 4.79 Å². The van der Waals surface area contributed by atoms with E-state index < -0.39 is 0 Å². The van der Waals surface area contributed by atoms with Crippen LogP contribution in [0.5, 0.6) is 0 Å². The van der Waals surface area contributed by atoms with Crippen molar-refractivity contribution in [1.82, 2.24) is 9.97 Å². The molecule has 20 heavy (non-hydrogen) atoms. The average molecular weight is 300 g/mol. The smallest absolute Gasteiger partial charge is 0.305 e. The molecule has 0 aromatic carbocycles. The Labute approximate surface area is 125 Å². The molecule has 0 saturated heterocycles. The van der Waals surface area contributed by atoms with Crippen molar-refractivity contribution in [2.45, 2.75) is 46.5 Å². The minimum atomic E-state index is -0.168. The lowest BCUT2D eigenvalue weighted by molar-refractivity contribution is -0.143. The summed E-state index contributed by atoms with van der Waals surface area (Å²) in [7, 11) is 0. The van der Waals surface area contributed by atoms with E-state index in [4.69, 9.17) is 16.3 Å². The Morgan fingerprint density at radius 2 is 2.10 bits per heavy atom. The Morgan fingerprint density at radius 3 is 2.75 bits per heavy atom. The summed E-state index contributed by atoms with van der Waals surface area (Å²) in [5.74, 6) is 1.33. The van der Waals surface area contributed by atoms with E-state index in [1.54, 1.807) is 6.92 Å². The van der Waals surface area contributed by atoms with Gasteiger partial charge in [0.1, 0.15) is 16.8 Å². The molecule has 0 saturated carbocycles. The zero-order valence-electron chi connectivity index (χ0n) is 12.3. The topological polar surface area (TPSA) is 64.1 Å². The fourth-order valence-corrected chi connectivity index (χ4v) is 1.90. The van der Waals surface area contributed by atoms with Crippen molar-refractivity contribution in [2.75, 3.05) is 18.5 Å². The highest BCUT2D eigenvalue weighted by Gasteiger charge is 2.09. The lowest BCUT2D eigenvalue weighted by atomic mass is 10.2. The molecule has 5 nitrogen and oxygen atoms in total. The number of rotatable bonds is 8. The number of hydrogen-bond acceptors (Lipinski definition) is 5. The van der Waals surface area contributed by atoms with E-state index in [1.165, 1.54) is 0 Å². The molecule has 0 bridgehead atoms. The summed E-state index contributed by atoms with van der Waals surface area (Å²) in [5, 5.41) is 3.69. The van der Waals surface area contributed by atoms with E-state index in [2.05, 4.69) is 22.2 Å². The van der Waals surface area contributed by atoms with Gasteiger partial charge in [-0.25, -0.2) is 9.97 Å². The summed E-state index contributed by atoms with van der Waals surface area (Å²) in [6.07, 6.45) is 2.88. The number of aromatic nitrogens is 2. The summed E-state index contributed by atoms with van der Waals surface area (Å²) in [6, 6.07) is 0. The first-order valence-electron chi connectivity index (χ1n) is 7.01. The first-order valence-corrected chi connectivity index (χ1v) is 7.38. The van der Waals surface area contributed by atoms with Crippen LogP contribution in [-0.4, -0.2) is 29.1 Å². The third-order valence-corrected chi connectivity index (χ3v) is 3.13. The van der Waals surface area contributed by atoms with E-state index in [0.29, 0.717) is 31.1 Å². The molecule has 1 aromatic rings. The van der Waals surface area contributed by atoms with Crippen molar-refractivity contribution in [1.29, 1.82) is 0 Å². The van der Waals surface area contributed by atoms with Gasteiger partial charge in [0.2, 0.25) is 0 Å². The molecule has 0 aliphatic rings. The Bertz CT molecular complexity index is 452. The maximum Gasteiger partial charge on any atom is 0.305 e. The summed E-state index contributed by atoms with van der Waals surface area (Å²) in [4.78, 5) is 19.9. The van der Waals surface area contributed by atoms with Crippen LogP contribution >= 0.6 is 11.6 Å². The summed E-state index contributed by atoms with van der Waals surface area (Å²) >= 11 is 6.09. The second-order valence-corrected chi connectivity index (χ2v) is 4.85. The predicted octanol–water partition coefficient (Wildman–Crippen LogP) is 3.15. The molecule has 1 N–H and O–H groups in total. The largest absolute Gasteiger partial charge is 0.466 e. The van der Waals surface area contributed by atoms with Crippen molar-refractivity contribution in [3.8, 4) is 0 Å². The van der Waals surface area contributed by atoms with Gasteiger partial charge >= 0.3 is 5.97 Å². The van der Waals surface area contributed by atoms with Crippen LogP contribution in [0, 0.1) is 6.92 Å². The van der Waals surface area contributed by atoms with Crippen LogP contribution in [0.15, 0.2) is 0 Å². The number of ether oxygens (including phenoxy) is 1. The highest BCUT2D eigenvalue weighted by Crippen LogP contribution is 2.20. The zero-order chi connectivity index (χ0) is 15.0. The molecule has 6 heteroatoms. The van der Waals surface area contributed by atoms with Gasteiger partial charge in [-0.15, -0.1) is 0 Å². The van der Waals surface area contributed by atoms with E-state index >= 15 is 0 Å². The monoisotopic (exact) mass is 299 g/mol. The molecule has 0 aliphatic heterocycles. The van der Waals surface area contributed by atoms with Gasteiger partial charge < -0.3 is 10.1 Å². The minimum absolute atomic E-state index is 0.168. The number of halogens is 1. The molecule has 0 amide bonds. The fourth-order valence-electron chi connectivity index (χ4n) is 1.71. The standard InChI is InChI=1S/C14H22ClN3O2/c1-4-7-11-17-13(15)10(3)14(18-11)16-9-6-8-12(19)20-5-2/h4-9H2,1-3H3,(H,16,17,18). The quantitative estimate of drug-likeness (QED) is 0.454. The van der Waals surface area contributed by atoms with Crippen LogP contribution in [0.3, 0.4) is 0 Å². The highest BCUT2D eigenvalue weighted by atomic mass is 35.5. The molecule has 112 valence electrons. The third kappa shape index (κ3) is 5.33. The molecular formula is C14H22ClN3O2. The number of nitrogens with one attached hydrogen (secondary N) is 1. The van der Waals surface area contributed by atoms with Crippen LogP contribution in [-0.2, 0) is 16.0 Å². The molecule has 0 radical (unpaired) electrons. The summed E-state index contributed by atoms with van der Waals surface area (Å²) in [5.41, 5.74) is 0.836. The van der Waals surface area contributed by atoms with E-state index in [9.17, 15) is 4.79 Å². The van der Waals surface area contributed by atoms with Crippen molar-refractivity contribution in [3.63, 3.8) is 0 Å². The van der Waals surface area contributed by atoms with Crippen LogP contribution in [0.1, 0.15) is 44.5 Å². The number of carbonyl (C=O) groups excluding carboxylic acids is 1. The number of carbonyl (C=O) groups is 1. The number of nitrogens with zero attached hydrogens (tertiary/aromatic N) is 2.